The second-order valence-corrected chi connectivity index (χ2v) is 16.0. The molecule has 0 atom stereocenters. The fraction of sp³-hybridized carbons (Fsp3) is 0.0600. The number of rotatable bonds is 4. The van der Waals surface area contributed by atoms with Crippen LogP contribution in [0.1, 0.15) is 39.1 Å². The molecule has 3 heteroatoms. The number of allylic oxidation sites excluding steroid dienone is 4. The molecule has 8 aromatic rings. The fourth-order valence-electron chi connectivity index (χ4n) is 7.96. The molecule has 3 heterocycles. The summed E-state index contributed by atoms with van der Waals surface area (Å²) in [4.78, 5) is 6.68. The first-order chi connectivity index (χ1) is 26.2. The van der Waals surface area contributed by atoms with Crippen molar-refractivity contribution in [3.8, 4) is 22.3 Å². The first-order valence-electron chi connectivity index (χ1n) is 18.2. The number of aliphatic imine (C=N–C) groups is 1. The number of aryl methyl sites for hydroxylation is 1. The van der Waals surface area contributed by atoms with E-state index in [1.807, 2.05) is 28.7 Å². The van der Waals surface area contributed by atoms with E-state index in [0.717, 1.165) is 36.2 Å². The van der Waals surface area contributed by atoms with Crippen LogP contribution in [0.25, 0.3) is 70.2 Å². The molecule has 1 nitrogen and oxygen atoms in total. The van der Waals surface area contributed by atoms with Gasteiger partial charge < -0.3 is 0 Å². The zero-order chi connectivity index (χ0) is 35.3. The van der Waals surface area contributed by atoms with Gasteiger partial charge in [-0.25, -0.2) is 4.99 Å². The Hall–Kier alpha value is -5.87. The maximum atomic E-state index is 5.29. The van der Waals surface area contributed by atoms with Gasteiger partial charge in [-0.3, -0.25) is 0 Å². The van der Waals surface area contributed by atoms with E-state index in [9.17, 15) is 0 Å². The largest absolute Gasteiger partial charge is 0.249 e. The predicted octanol–water partition coefficient (Wildman–Crippen LogP) is 14.2. The molecule has 0 radical (unpaired) electrons. The number of thiophene rings is 2. The third-order valence-electron chi connectivity index (χ3n) is 10.5. The second-order valence-electron chi connectivity index (χ2n) is 13.9. The van der Waals surface area contributed by atoms with Crippen LogP contribution in [0.2, 0.25) is 0 Å². The molecule has 0 saturated heterocycles. The maximum absolute atomic E-state index is 5.29. The highest BCUT2D eigenvalue weighted by Crippen LogP contribution is 2.44. The van der Waals surface area contributed by atoms with Crippen molar-refractivity contribution in [1.29, 1.82) is 0 Å². The highest BCUT2D eigenvalue weighted by atomic mass is 32.1. The van der Waals surface area contributed by atoms with Crippen molar-refractivity contribution in [3.63, 3.8) is 0 Å². The zero-order valence-corrected chi connectivity index (χ0v) is 30.8. The summed E-state index contributed by atoms with van der Waals surface area (Å²) in [5, 5.41) is 3.99. The van der Waals surface area contributed by atoms with E-state index >= 15 is 0 Å². The summed E-state index contributed by atoms with van der Waals surface area (Å²) < 4.78 is 3.97. The summed E-state index contributed by atoms with van der Waals surface area (Å²) in [5.41, 5.74) is 14.0. The number of nitrogens with zero attached hydrogens (tertiary/aromatic N) is 1. The zero-order valence-electron chi connectivity index (χ0n) is 29.2. The topological polar surface area (TPSA) is 12.4 Å². The lowest BCUT2D eigenvalue weighted by atomic mass is 9.90. The molecule has 0 saturated carbocycles. The monoisotopic (exact) mass is 713 g/mol. The summed E-state index contributed by atoms with van der Waals surface area (Å²) >= 11 is 3.80. The van der Waals surface area contributed by atoms with E-state index in [4.69, 9.17) is 4.99 Å². The van der Waals surface area contributed by atoms with E-state index in [0.29, 0.717) is 0 Å². The number of hydrogen-bond acceptors (Lipinski definition) is 3. The molecule has 1 aliphatic carbocycles. The van der Waals surface area contributed by atoms with Crippen LogP contribution in [0.4, 0.5) is 0 Å². The van der Waals surface area contributed by atoms with Gasteiger partial charge in [0, 0.05) is 35.3 Å². The quantitative estimate of drug-likeness (QED) is 0.172. The van der Waals surface area contributed by atoms with Gasteiger partial charge in [0.25, 0.3) is 0 Å². The summed E-state index contributed by atoms with van der Waals surface area (Å²) in [6.45, 7) is 4.43. The summed E-state index contributed by atoms with van der Waals surface area (Å²) in [6.07, 6.45) is 14.1. The smallest absolute Gasteiger partial charge is 0.0712 e. The third-order valence-corrected chi connectivity index (χ3v) is 13.0. The van der Waals surface area contributed by atoms with Crippen molar-refractivity contribution in [3.05, 3.63) is 197 Å². The first-order valence-corrected chi connectivity index (χ1v) is 19.9. The average molecular weight is 714 g/mol. The number of hydrogen-bond donors (Lipinski definition) is 0. The van der Waals surface area contributed by atoms with Crippen LogP contribution in [0.3, 0.4) is 0 Å². The normalized spacial score (nSPS) is 15.9. The Bertz CT molecular complexity index is 2870. The van der Waals surface area contributed by atoms with Gasteiger partial charge in [0.2, 0.25) is 0 Å². The van der Waals surface area contributed by atoms with Gasteiger partial charge in [0.15, 0.2) is 0 Å². The minimum Gasteiger partial charge on any atom is -0.249 e. The van der Waals surface area contributed by atoms with Crippen LogP contribution in [0.15, 0.2) is 169 Å². The van der Waals surface area contributed by atoms with Gasteiger partial charge in [0.05, 0.1) is 11.4 Å². The van der Waals surface area contributed by atoms with Crippen LogP contribution in [0, 0.1) is 0 Å². The molecule has 0 fully saturated rings. The molecule has 0 spiro atoms. The van der Waals surface area contributed by atoms with Gasteiger partial charge in [-0.05, 0) is 117 Å². The van der Waals surface area contributed by atoms with E-state index < -0.39 is 0 Å². The molecule has 252 valence electrons. The molecule has 6 aromatic carbocycles. The molecule has 10 rings (SSSR count). The SMILES string of the molecule is C=C1/C=C\c2ccccc2C/C(c2ccccc2)=C\C(c2cc(-c3cccc4c5c(sc34)C=CCC5)cc(-c3cccc4c3sc3ccccc34)c2)=N1. The highest BCUT2D eigenvalue weighted by Gasteiger charge is 2.19. The molecule has 0 amide bonds. The van der Waals surface area contributed by atoms with Crippen LogP contribution in [-0.4, -0.2) is 5.71 Å². The lowest BCUT2D eigenvalue weighted by molar-refractivity contribution is 1.01. The fourth-order valence-corrected chi connectivity index (χ4v) is 10.5. The second kappa shape index (κ2) is 13.3. The predicted molar refractivity (Wildman–Crippen MR) is 232 cm³/mol. The van der Waals surface area contributed by atoms with Crippen molar-refractivity contribution >= 4 is 76.4 Å². The molecule has 0 unspecified atom stereocenters. The van der Waals surface area contributed by atoms with Crippen LogP contribution in [-0.2, 0) is 12.8 Å². The molecule has 0 N–H and O–H groups in total. The highest BCUT2D eigenvalue weighted by molar-refractivity contribution is 7.26. The Labute approximate surface area is 317 Å². The molecule has 2 aliphatic rings. The van der Waals surface area contributed by atoms with E-state index in [1.54, 1.807) is 0 Å². The van der Waals surface area contributed by atoms with E-state index in [-0.39, 0.29) is 0 Å². The summed E-state index contributed by atoms with van der Waals surface area (Å²) in [6, 6.07) is 48.9. The molecule has 2 aromatic heterocycles. The van der Waals surface area contributed by atoms with Crippen molar-refractivity contribution in [2.45, 2.75) is 19.3 Å². The Kier molecular flexibility index (Phi) is 7.97. The van der Waals surface area contributed by atoms with Gasteiger partial charge >= 0.3 is 0 Å². The molecule has 1 aliphatic heterocycles. The maximum Gasteiger partial charge on any atom is 0.0712 e. The average Bonchev–Trinajstić information content (AvgIpc) is 3.79. The van der Waals surface area contributed by atoms with Crippen LogP contribution >= 0.6 is 22.7 Å². The van der Waals surface area contributed by atoms with Crippen molar-refractivity contribution < 1.29 is 0 Å². The Morgan fingerprint density at radius 1 is 0.566 bits per heavy atom. The lowest BCUT2D eigenvalue weighted by Gasteiger charge is -2.16. The third kappa shape index (κ3) is 5.83. The molecule has 0 bridgehead atoms. The standard InChI is InChI=1S/C50H35NS2/c1-32-25-26-34-15-5-6-16-35(34)27-36(33-13-3-2-4-14-33)31-46(51-32)39-29-37(40-19-11-21-44-42-17-7-9-23-47(42)52-49(40)44)28-38(30-39)41-20-12-22-45-43-18-8-10-24-48(43)53-50(41)45/h2-7,9-17,19-26,28-31H,1,8,18,27H2/b26-25-,36-31+,51-46?. The van der Waals surface area contributed by atoms with Gasteiger partial charge in [0.1, 0.15) is 0 Å². The van der Waals surface area contributed by atoms with Gasteiger partial charge in [-0.15, -0.1) is 22.7 Å². The van der Waals surface area contributed by atoms with Crippen molar-refractivity contribution in [2.75, 3.05) is 0 Å². The van der Waals surface area contributed by atoms with Crippen molar-refractivity contribution in [2.24, 2.45) is 4.99 Å². The van der Waals surface area contributed by atoms with E-state index in [1.165, 1.54) is 85.2 Å². The van der Waals surface area contributed by atoms with E-state index in [2.05, 4.69) is 164 Å². The molecular formula is C50H35NS2. The lowest BCUT2D eigenvalue weighted by Crippen LogP contribution is -2.04. The minimum absolute atomic E-state index is 0.721. The number of fused-ring (bicyclic) bond motifs is 7. The van der Waals surface area contributed by atoms with Crippen LogP contribution in [0.5, 0.6) is 0 Å². The molecular weight excluding hydrogens is 679 g/mol. The first kappa shape index (κ1) is 31.8. The van der Waals surface area contributed by atoms with Gasteiger partial charge in [-0.1, -0.05) is 128 Å². The summed E-state index contributed by atoms with van der Waals surface area (Å²) in [5.74, 6) is 0. The van der Waals surface area contributed by atoms with Crippen LogP contribution < -0.4 is 0 Å². The number of benzene rings is 6. The van der Waals surface area contributed by atoms with Gasteiger partial charge in [-0.2, -0.15) is 0 Å². The van der Waals surface area contributed by atoms with Crippen molar-refractivity contribution in [1.82, 2.24) is 0 Å². The Morgan fingerprint density at radius 2 is 1.26 bits per heavy atom. The summed E-state index contributed by atoms with van der Waals surface area (Å²) in [7, 11) is 0. The Balaban J connectivity index is 1.24. The minimum atomic E-state index is 0.721. The Morgan fingerprint density at radius 3 is 2.11 bits per heavy atom. The molecule has 53 heavy (non-hydrogen) atoms.